The number of aliphatic carboxylic acids is 1. The van der Waals surface area contributed by atoms with E-state index in [9.17, 15) is 19.5 Å². The van der Waals surface area contributed by atoms with Crippen LogP contribution >= 0.6 is 0 Å². The highest BCUT2D eigenvalue weighted by molar-refractivity contribution is 6.24. The van der Waals surface area contributed by atoms with Crippen molar-refractivity contribution in [2.45, 2.75) is 58.8 Å². The predicted molar refractivity (Wildman–Crippen MR) is 99.7 cm³/mol. The Balaban J connectivity index is 1.85. The first kappa shape index (κ1) is 20.0. The van der Waals surface area contributed by atoms with Crippen LogP contribution in [0.4, 0.5) is 0 Å². The van der Waals surface area contributed by atoms with Gasteiger partial charge in [0.05, 0.1) is 22.5 Å². The summed E-state index contributed by atoms with van der Waals surface area (Å²) in [6.07, 6.45) is 2.86. The number of aryl methyl sites for hydroxylation is 2. The molecule has 0 spiro atoms. The quantitative estimate of drug-likeness (QED) is 0.586. The van der Waals surface area contributed by atoms with Gasteiger partial charge >= 0.3 is 5.97 Å². The van der Waals surface area contributed by atoms with E-state index < -0.39 is 12.5 Å². The monoisotopic (exact) mass is 388 g/mol. The molecule has 8 heteroatoms. The Hall–Kier alpha value is -2.77. The highest BCUT2D eigenvalue weighted by atomic mass is 16.5. The molecular formula is C20H24N2O6. The minimum Gasteiger partial charge on any atom is -0.511 e. The molecule has 1 saturated carbocycles. The van der Waals surface area contributed by atoms with Crippen molar-refractivity contribution in [3.63, 3.8) is 0 Å². The Bertz CT molecular complexity index is 891. The van der Waals surface area contributed by atoms with E-state index in [2.05, 4.69) is 10.1 Å². The molecule has 28 heavy (non-hydrogen) atoms. The maximum absolute atomic E-state index is 12.6. The van der Waals surface area contributed by atoms with Gasteiger partial charge < -0.3 is 14.7 Å². The van der Waals surface area contributed by atoms with Crippen molar-refractivity contribution in [2.24, 2.45) is 10.4 Å². The molecule has 0 amide bonds. The zero-order valence-electron chi connectivity index (χ0n) is 16.1. The number of aliphatic imine (C=N–C) groups is 1. The summed E-state index contributed by atoms with van der Waals surface area (Å²) in [6, 6.07) is 0. The van der Waals surface area contributed by atoms with Gasteiger partial charge in [0.25, 0.3) is 0 Å². The highest BCUT2D eigenvalue weighted by Gasteiger charge is 2.36. The van der Waals surface area contributed by atoms with Crippen LogP contribution in [0.25, 0.3) is 0 Å². The van der Waals surface area contributed by atoms with E-state index >= 15 is 0 Å². The fourth-order valence-electron chi connectivity index (χ4n) is 3.83. The van der Waals surface area contributed by atoms with Gasteiger partial charge in [-0.1, -0.05) is 19.0 Å². The normalized spacial score (nSPS) is 22.3. The second kappa shape index (κ2) is 7.69. The number of carboxylic acid groups (broad SMARTS) is 1. The fraction of sp³-hybridized carbons (Fsp3) is 0.550. The second-order valence-corrected chi connectivity index (χ2v) is 8.12. The van der Waals surface area contributed by atoms with Gasteiger partial charge in [0.2, 0.25) is 0 Å². The topological polar surface area (TPSA) is 130 Å². The fourth-order valence-corrected chi connectivity index (χ4v) is 3.83. The summed E-state index contributed by atoms with van der Waals surface area (Å²) in [5.74, 6) is -0.933. The number of carbonyl (C=O) groups excluding carboxylic acids is 2. The number of rotatable bonds is 5. The van der Waals surface area contributed by atoms with Gasteiger partial charge in [0.15, 0.2) is 11.6 Å². The third kappa shape index (κ3) is 4.21. The molecule has 0 atom stereocenters. The Morgan fingerprint density at radius 1 is 1.18 bits per heavy atom. The van der Waals surface area contributed by atoms with Crippen molar-refractivity contribution in [3.8, 4) is 0 Å². The van der Waals surface area contributed by atoms with Crippen LogP contribution in [0.3, 0.4) is 0 Å². The van der Waals surface area contributed by atoms with E-state index in [0.717, 1.165) is 6.42 Å². The molecule has 0 aromatic carbocycles. The summed E-state index contributed by atoms with van der Waals surface area (Å²) in [4.78, 5) is 39.7. The van der Waals surface area contributed by atoms with Gasteiger partial charge in [-0.05, 0) is 18.3 Å². The van der Waals surface area contributed by atoms with E-state index in [0.29, 0.717) is 42.0 Å². The largest absolute Gasteiger partial charge is 0.511 e. The van der Waals surface area contributed by atoms with Crippen molar-refractivity contribution in [3.05, 3.63) is 28.3 Å². The minimum absolute atomic E-state index is 0.0103. The second-order valence-electron chi connectivity index (χ2n) is 8.12. The van der Waals surface area contributed by atoms with Crippen LogP contribution in [-0.4, -0.2) is 45.2 Å². The third-order valence-electron chi connectivity index (χ3n) is 5.06. The summed E-state index contributed by atoms with van der Waals surface area (Å²) < 4.78 is 5.25. The van der Waals surface area contributed by atoms with E-state index in [-0.39, 0.29) is 47.6 Å². The van der Waals surface area contributed by atoms with E-state index in [1.807, 2.05) is 13.8 Å². The summed E-state index contributed by atoms with van der Waals surface area (Å²) in [6.45, 7) is 3.35. The zero-order valence-corrected chi connectivity index (χ0v) is 16.1. The lowest BCUT2D eigenvalue weighted by molar-refractivity contribution is -0.135. The third-order valence-corrected chi connectivity index (χ3v) is 5.06. The molecule has 2 aliphatic rings. The van der Waals surface area contributed by atoms with Crippen LogP contribution in [-0.2, 0) is 22.4 Å². The first-order chi connectivity index (χ1) is 13.2. The molecule has 1 fully saturated rings. The number of Topliss-reactive ketones (excluding diaryl/α,β-unsaturated/α-hetero) is 2. The number of fused-ring (bicyclic) bond motifs is 1. The Morgan fingerprint density at radius 2 is 1.93 bits per heavy atom. The maximum Gasteiger partial charge on any atom is 0.325 e. The number of hydrogen-bond donors (Lipinski definition) is 2. The van der Waals surface area contributed by atoms with Crippen molar-refractivity contribution >= 4 is 23.2 Å². The summed E-state index contributed by atoms with van der Waals surface area (Å²) >= 11 is 0. The molecule has 0 unspecified atom stereocenters. The molecule has 0 radical (unpaired) electrons. The molecule has 1 aromatic heterocycles. The van der Waals surface area contributed by atoms with Gasteiger partial charge in [-0.3, -0.25) is 19.4 Å². The zero-order chi connectivity index (χ0) is 20.5. The van der Waals surface area contributed by atoms with Gasteiger partial charge in [-0.2, -0.15) is 0 Å². The molecule has 0 saturated heterocycles. The average Bonchev–Trinajstić information content (AvgIpc) is 3.01. The van der Waals surface area contributed by atoms with Gasteiger partial charge in [-0.25, -0.2) is 0 Å². The summed E-state index contributed by atoms with van der Waals surface area (Å²) in [5.41, 5.74) is 1.05. The molecule has 3 rings (SSSR count). The number of nitrogens with zero attached hydrogens (tertiary/aromatic N) is 2. The molecule has 2 N–H and O–H groups in total. The van der Waals surface area contributed by atoms with E-state index in [4.69, 9.17) is 9.63 Å². The van der Waals surface area contributed by atoms with E-state index in [1.54, 1.807) is 0 Å². The lowest BCUT2D eigenvalue weighted by Gasteiger charge is -2.31. The van der Waals surface area contributed by atoms with Crippen LogP contribution in [0.5, 0.6) is 0 Å². The SMILES string of the molecule is CC1(C)CC(=O)/C(=C(/O)CCc2noc3c2C(=O)CCC3)C(=NCC(=O)O)C1. The average molecular weight is 388 g/mol. The minimum atomic E-state index is -1.10. The Morgan fingerprint density at radius 3 is 2.64 bits per heavy atom. The molecule has 0 bridgehead atoms. The smallest absolute Gasteiger partial charge is 0.325 e. The Kier molecular flexibility index (Phi) is 5.49. The molecule has 2 aliphatic carbocycles. The molecule has 0 aliphatic heterocycles. The lowest BCUT2D eigenvalue weighted by atomic mass is 9.73. The van der Waals surface area contributed by atoms with Crippen molar-refractivity contribution in [1.29, 1.82) is 0 Å². The van der Waals surface area contributed by atoms with Gasteiger partial charge in [0, 0.05) is 32.1 Å². The number of ketones is 2. The number of aliphatic hydroxyl groups is 1. The molecule has 1 aromatic rings. The number of carboxylic acids is 1. The van der Waals surface area contributed by atoms with Crippen molar-refractivity contribution < 1.29 is 29.1 Å². The van der Waals surface area contributed by atoms with Crippen molar-refractivity contribution in [2.75, 3.05) is 6.54 Å². The van der Waals surface area contributed by atoms with Gasteiger partial charge in [0.1, 0.15) is 18.1 Å². The lowest BCUT2D eigenvalue weighted by Crippen LogP contribution is -2.33. The molecule has 1 heterocycles. The van der Waals surface area contributed by atoms with Crippen molar-refractivity contribution in [1.82, 2.24) is 5.16 Å². The maximum atomic E-state index is 12.6. The molecular weight excluding hydrogens is 364 g/mol. The van der Waals surface area contributed by atoms with Crippen LogP contribution in [0.2, 0.25) is 0 Å². The number of hydrogen-bond acceptors (Lipinski definition) is 7. The Labute approximate surface area is 162 Å². The summed E-state index contributed by atoms with van der Waals surface area (Å²) in [7, 11) is 0. The van der Waals surface area contributed by atoms with Crippen LogP contribution in [0, 0.1) is 5.41 Å². The highest BCUT2D eigenvalue weighted by Crippen LogP contribution is 2.36. The summed E-state index contributed by atoms with van der Waals surface area (Å²) in [5, 5.41) is 23.5. The van der Waals surface area contributed by atoms with Crippen LogP contribution < -0.4 is 0 Å². The van der Waals surface area contributed by atoms with Gasteiger partial charge in [-0.15, -0.1) is 0 Å². The standard InChI is InChI=1S/C20H24N2O6/c1-20(2)8-12(21-10-17(26)27)18(15(25)9-20)14(24)7-6-11-19-13(23)4-3-5-16(19)28-22-11/h24H,3-10H2,1-2H3,(H,26,27)/b18-14+,21-12?. The number of aromatic nitrogens is 1. The van der Waals surface area contributed by atoms with Crippen LogP contribution in [0.15, 0.2) is 20.8 Å². The molecule has 8 nitrogen and oxygen atoms in total. The van der Waals surface area contributed by atoms with E-state index in [1.165, 1.54) is 0 Å². The first-order valence-electron chi connectivity index (χ1n) is 9.39. The molecule has 150 valence electrons. The number of carbonyl (C=O) groups is 3. The first-order valence-corrected chi connectivity index (χ1v) is 9.39. The number of aliphatic hydroxyl groups excluding tert-OH is 1. The number of allylic oxidation sites excluding steroid dienone is 2. The predicted octanol–water partition coefficient (Wildman–Crippen LogP) is 2.85. The van der Waals surface area contributed by atoms with Crippen LogP contribution in [0.1, 0.15) is 67.8 Å².